The van der Waals surface area contributed by atoms with Crippen molar-refractivity contribution in [2.24, 2.45) is 4.99 Å². The van der Waals surface area contributed by atoms with Gasteiger partial charge in [0, 0.05) is 40.1 Å². The molecule has 0 aliphatic carbocycles. The Morgan fingerprint density at radius 1 is 1.10 bits per heavy atom. The summed E-state index contributed by atoms with van der Waals surface area (Å²) in [6.07, 6.45) is 1.87. The summed E-state index contributed by atoms with van der Waals surface area (Å²) < 4.78 is 2.33. The molecule has 4 nitrogen and oxygen atoms in total. The molecule has 0 bridgehead atoms. The van der Waals surface area contributed by atoms with E-state index in [-0.39, 0.29) is 12.1 Å². The SMILES string of the molecule is Cc1ccc(Cl)cc1-n1c(C)cc([C@H]2[C@@H](c3ccccn3)N=C3S[C@@H](C)CN32)c1C. The van der Waals surface area contributed by atoms with Crippen LogP contribution in [0.25, 0.3) is 5.69 Å². The highest BCUT2D eigenvalue weighted by Crippen LogP contribution is 2.49. The number of nitrogens with zero attached hydrogens (tertiary/aromatic N) is 4. The van der Waals surface area contributed by atoms with E-state index in [2.05, 4.69) is 72.5 Å². The van der Waals surface area contributed by atoms with Crippen LogP contribution in [-0.2, 0) is 0 Å². The van der Waals surface area contributed by atoms with Gasteiger partial charge in [0.15, 0.2) is 5.17 Å². The van der Waals surface area contributed by atoms with Crippen LogP contribution in [0.2, 0.25) is 5.02 Å². The number of thioether (sulfide) groups is 1. The fourth-order valence-corrected chi connectivity index (χ4v) is 5.99. The number of halogens is 1. The van der Waals surface area contributed by atoms with E-state index in [0.29, 0.717) is 5.25 Å². The summed E-state index contributed by atoms with van der Waals surface area (Å²) in [6, 6.07) is 14.7. The number of rotatable bonds is 3. The Morgan fingerprint density at radius 2 is 1.93 bits per heavy atom. The van der Waals surface area contributed by atoms with Crippen LogP contribution in [0.5, 0.6) is 0 Å². The van der Waals surface area contributed by atoms with Crippen LogP contribution in [0, 0.1) is 20.8 Å². The molecule has 4 heterocycles. The average molecular weight is 437 g/mol. The number of benzene rings is 1. The Bertz CT molecular complexity index is 1140. The Balaban J connectivity index is 1.64. The molecular weight excluding hydrogens is 412 g/mol. The van der Waals surface area contributed by atoms with Crippen LogP contribution in [0.3, 0.4) is 0 Å². The van der Waals surface area contributed by atoms with Crippen LogP contribution in [0.1, 0.15) is 47.2 Å². The van der Waals surface area contributed by atoms with Crippen molar-refractivity contribution >= 4 is 28.5 Å². The van der Waals surface area contributed by atoms with E-state index in [1.54, 1.807) is 0 Å². The fourth-order valence-electron chi connectivity index (χ4n) is 4.74. The Kier molecular flexibility index (Phi) is 4.91. The first-order valence-corrected chi connectivity index (χ1v) is 11.6. The molecule has 3 atom stereocenters. The maximum absolute atomic E-state index is 6.35. The molecule has 2 aromatic heterocycles. The lowest BCUT2D eigenvalue weighted by Gasteiger charge is -2.27. The first kappa shape index (κ1) is 19.7. The molecule has 0 spiro atoms. The minimum atomic E-state index is 0.00982. The van der Waals surface area contributed by atoms with Gasteiger partial charge in [-0.2, -0.15) is 0 Å². The van der Waals surface area contributed by atoms with Gasteiger partial charge in [-0.25, -0.2) is 0 Å². The summed E-state index contributed by atoms with van der Waals surface area (Å²) in [7, 11) is 0. The van der Waals surface area contributed by atoms with Gasteiger partial charge in [-0.1, -0.05) is 42.4 Å². The molecule has 154 valence electrons. The van der Waals surface area contributed by atoms with Gasteiger partial charge < -0.3 is 9.47 Å². The topological polar surface area (TPSA) is 33.4 Å². The number of pyridine rings is 1. The van der Waals surface area contributed by atoms with Gasteiger partial charge in [0.25, 0.3) is 0 Å². The number of aryl methyl sites for hydroxylation is 2. The van der Waals surface area contributed by atoms with Crippen molar-refractivity contribution in [1.29, 1.82) is 0 Å². The molecule has 6 heteroatoms. The molecular formula is C24H25ClN4S. The van der Waals surface area contributed by atoms with Gasteiger partial charge in [0.05, 0.1) is 11.7 Å². The highest BCUT2D eigenvalue weighted by Gasteiger charge is 2.44. The molecule has 0 unspecified atom stereocenters. The molecule has 1 saturated heterocycles. The van der Waals surface area contributed by atoms with Crippen molar-refractivity contribution in [3.05, 3.63) is 81.9 Å². The third-order valence-corrected chi connectivity index (χ3v) is 7.42. The number of fused-ring (bicyclic) bond motifs is 1. The number of amidine groups is 1. The predicted octanol–water partition coefficient (Wildman–Crippen LogP) is 6.04. The molecule has 0 amide bonds. The van der Waals surface area contributed by atoms with Crippen molar-refractivity contribution in [2.75, 3.05) is 6.54 Å². The molecule has 2 aliphatic heterocycles. The molecule has 30 heavy (non-hydrogen) atoms. The zero-order chi connectivity index (χ0) is 21.0. The lowest BCUT2D eigenvalue weighted by atomic mass is 9.96. The molecule has 1 fully saturated rings. The lowest BCUT2D eigenvalue weighted by molar-refractivity contribution is 0.320. The van der Waals surface area contributed by atoms with Crippen molar-refractivity contribution < 1.29 is 0 Å². The first-order valence-electron chi connectivity index (χ1n) is 10.3. The molecule has 2 aliphatic rings. The second-order valence-electron chi connectivity index (χ2n) is 8.23. The van der Waals surface area contributed by atoms with E-state index < -0.39 is 0 Å². The molecule has 3 aromatic rings. The third-order valence-electron chi connectivity index (χ3n) is 6.08. The summed E-state index contributed by atoms with van der Waals surface area (Å²) in [5, 5.41) is 2.45. The van der Waals surface area contributed by atoms with Crippen molar-refractivity contribution in [3.63, 3.8) is 0 Å². The van der Waals surface area contributed by atoms with E-state index in [0.717, 1.165) is 28.1 Å². The van der Waals surface area contributed by atoms with Crippen LogP contribution < -0.4 is 0 Å². The van der Waals surface area contributed by atoms with Crippen molar-refractivity contribution in [2.45, 2.75) is 45.0 Å². The number of aromatic nitrogens is 2. The minimum absolute atomic E-state index is 0.00982. The maximum Gasteiger partial charge on any atom is 0.160 e. The largest absolute Gasteiger partial charge is 0.341 e. The van der Waals surface area contributed by atoms with E-state index in [4.69, 9.17) is 16.6 Å². The second-order valence-corrected chi connectivity index (χ2v) is 10.1. The van der Waals surface area contributed by atoms with Crippen LogP contribution in [0.4, 0.5) is 0 Å². The Labute approximate surface area is 187 Å². The Hall–Kier alpha value is -2.24. The van der Waals surface area contributed by atoms with Gasteiger partial charge in [0.1, 0.15) is 6.04 Å². The predicted molar refractivity (Wildman–Crippen MR) is 126 cm³/mol. The van der Waals surface area contributed by atoms with E-state index in [9.17, 15) is 0 Å². The molecule has 0 saturated carbocycles. The zero-order valence-corrected chi connectivity index (χ0v) is 19.2. The van der Waals surface area contributed by atoms with E-state index in [1.165, 1.54) is 22.5 Å². The maximum atomic E-state index is 6.35. The van der Waals surface area contributed by atoms with E-state index >= 15 is 0 Å². The van der Waals surface area contributed by atoms with Gasteiger partial charge in [-0.05, 0) is 62.2 Å². The monoisotopic (exact) mass is 436 g/mol. The zero-order valence-electron chi connectivity index (χ0n) is 17.6. The third kappa shape index (κ3) is 3.15. The van der Waals surface area contributed by atoms with Crippen LogP contribution >= 0.6 is 23.4 Å². The molecule has 1 aromatic carbocycles. The number of hydrogen-bond acceptors (Lipinski definition) is 4. The quantitative estimate of drug-likeness (QED) is 0.501. The highest BCUT2D eigenvalue weighted by molar-refractivity contribution is 8.14. The van der Waals surface area contributed by atoms with Crippen molar-refractivity contribution in [1.82, 2.24) is 14.5 Å². The summed E-state index contributed by atoms with van der Waals surface area (Å²) in [4.78, 5) is 12.3. The van der Waals surface area contributed by atoms with Gasteiger partial charge in [0.2, 0.25) is 0 Å². The van der Waals surface area contributed by atoms with Crippen LogP contribution in [0.15, 0.2) is 53.7 Å². The highest BCUT2D eigenvalue weighted by atomic mass is 35.5. The standard InChI is InChI=1S/C24H25ClN4S/c1-14-8-9-18(25)12-21(14)29-15(2)11-19(17(29)4)23-22(20-7-5-6-10-26-20)27-24-28(23)13-16(3)30-24/h5-12,16,22-23H,13H2,1-4H3/t16-,22+,23-/m0/s1. The fraction of sp³-hybridized carbons (Fsp3) is 0.333. The number of aliphatic imine (C=N–C) groups is 1. The summed E-state index contributed by atoms with van der Waals surface area (Å²) in [5.41, 5.74) is 7.15. The normalized spacial score (nSPS) is 23.0. The van der Waals surface area contributed by atoms with Gasteiger partial charge in [-0.15, -0.1) is 0 Å². The van der Waals surface area contributed by atoms with E-state index in [1.807, 2.05) is 30.1 Å². The molecule has 0 N–H and O–H groups in total. The smallest absolute Gasteiger partial charge is 0.160 e. The minimum Gasteiger partial charge on any atom is -0.341 e. The summed E-state index contributed by atoms with van der Waals surface area (Å²) in [5.74, 6) is 0. The average Bonchev–Trinajstić information content (AvgIpc) is 3.34. The first-order chi connectivity index (χ1) is 14.4. The summed E-state index contributed by atoms with van der Waals surface area (Å²) in [6.45, 7) is 9.80. The van der Waals surface area contributed by atoms with Crippen LogP contribution in [-0.4, -0.2) is 31.4 Å². The Morgan fingerprint density at radius 3 is 2.70 bits per heavy atom. The summed E-state index contributed by atoms with van der Waals surface area (Å²) >= 11 is 8.22. The molecule has 5 rings (SSSR count). The second kappa shape index (κ2) is 7.47. The van der Waals surface area contributed by atoms with Crippen molar-refractivity contribution in [3.8, 4) is 5.69 Å². The van der Waals surface area contributed by atoms with Gasteiger partial charge in [-0.3, -0.25) is 9.98 Å². The number of hydrogen-bond donors (Lipinski definition) is 0. The van der Waals surface area contributed by atoms with Gasteiger partial charge >= 0.3 is 0 Å². The lowest BCUT2D eigenvalue weighted by Crippen LogP contribution is -2.28. The molecule has 0 radical (unpaired) electrons.